The SMILES string of the molecule is C[C@H](c1ccncc1)[C@@H]1C(=O)N(c2ccc(S(=O)(=O)C(F)(F)F)cc2)C(=O)N1OC(=O)C(F)(F)F. The standard InChI is InChI=1S/C19H13F6N3O6S/c1-10(11-6-8-26-9-7-11)14-15(29)27(17(31)28(14)34-16(30)18(20,21)22)12-2-4-13(5-3-12)35(32,33)19(23,24)25/h2-10,14H,1H3/t10-,14-/m1/s1. The lowest BCUT2D eigenvalue weighted by molar-refractivity contribution is -0.231. The molecular formula is C19H13F6N3O6S. The van der Waals surface area contributed by atoms with Gasteiger partial charge in [0.2, 0.25) is 0 Å². The predicted molar refractivity (Wildman–Crippen MR) is 103 cm³/mol. The molecule has 2 heterocycles. The number of anilines is 1. The molecule has 0 saturated carbocycles. The molecule has 0 aliphatic carbocycles. The summed E-state index contributed by atoms with van der Waals surface area (Å²) in [5.74, 6) is -5.01. The molecule has 1 aromatic carbocycles. The lowest BCUT2D eigenvalue weighted by Crippen LogP contribution is -2.43. The molecule has 2 aromatic rings. The van der Waals surface area contributed by atoms with Crippen LogP contribution in [0.4, 0.5) is 36.8 Å². The van der Waals surface area contributed by atoms with Crippen LogP contribution in [-0.4, -0.2) is 54.1 Å². The smallest absolute Gasteiger partial charge is 0.327 e. The third-order valence-electron chi connectivity index (χ3n) is 4.93. The molecule has 35 heavy (non-hydrogen) atoms. The number of benzene rings is 1. The lowest BCUT2D eigenvalue weighted by atomic mass is 9.94. The van der Waals surface area contributed by atoms with Gasteiger partial charge in [0.25, 0.3) is 15.7 Å². The van der Waals surface area contributed by atoms with Gasteiger partial charge in [0.15, 0.2) is 6.04 Å². The normalized spacial score (nSPS) is 18.1. The number of imide groups is 1. The molecule has 0 unspecified atom stereocenters. The number of carbonyl (C=O) groups is 3. The number of amides is 3. The van der Waals surface area contributed by atoms with E-state index in [9.17, 15) is 49.1 Å². The minimum Gasteiger partial charge on any atom is -0.327 e. The molecule has 0 spiro atoms. The summed E-state index contributed by atoms with van der Waals surface area (Å²) in [6.45, 7) is 1.35. The minimum absolute atomic E-state index is 0.0797. The van der Waals surface area contributed by atoms with Gasteiger partial charge in [0, 0.05) is 18.3 Å². The quantitative estimate of drug-likeness (QED) is 0.435. The molecule has 3 rings (SSSR count). The number of carbonyl (C=O) groups excluding carboxylic acids is 3. The molecule has 1 saturated heterocycles. The first-order valence-electron chi connectivity index (χ1n) is 9.35. The number of urea groups is 1. The van der Waals surface area contributed by atoms with E-state index in [1.165, 1.54) is 31.5 Å². The first-order chi connectivity index (χ1) is 16.1. The molecule has 1 aliphatic rings. The van der Waals surface area contributed by atoms with E-state index in [1.54, 1.807) is 0 Å². The summed E-state index contributed by atoms with van der Waals surface area (Å²) >= 11 is 0. The molecule has 188 valence electrons. The van der Waals surface area contributed by atoms with Crippen LogP contribution in [0.25, 0.3) is 0 Å². The Bertz CT molecular complexity index is 1250. The van der Waals surface area contributed by atoms with Gasteiger partial charge >= 0.3 is 23.7 Å². The number of nitrogens with zero attached hydrogens (tertiary/aromatic N) is 3. The molecule has 0 N–H and O–H groups in total. The Balaban J connectivity index is 2.02. The van der Waals surface area contributed by atoms with E-state index in [2.05, 4.69) is 9.82 Å². The summed E-state index contributed by atoms with van der Waals surface area (Å²) in [6, 6.07) is 1.72. The first kappa shape index (κ1) is 25.9. The molecular weight excluding hydrogens is 512 g/mol. The Hall–Kier alpha value is -3.69. The Morgan fingerprint density at radius 1 is 1.00 bits per heavy atom. The number of hydroxylamine groups is 2. The second-order valence-corrected chi connectivity index (χ2v) is 9.06. The Morgan fingerprint density at radius 2 is 1.54 bits per heavy atom. The van der Waals surface area contributed by atoms with Crippen molar-refractivity contribution in [1.82, 2.24) is 10.0 Å². The maximum atomic E-state index is 13.1. The average Bonchev–Trinajstić information content (AvgIpc) is 3.01. The van der Waals surface area contributed by atoms with Gasteiger partial charge in [-0.3, -0.25) is 9.78 Å². The fraction of sp³-hybridized carbons (Fsp3) is 0.263. The van der Waals surface area contributed by atoms with Crippen molar-refractivity contribution < 1.29 is 54.0 Å². The molecule has 0 radical (unpaired) electrons. The van der Waals surface area contributed by atoms with Gasteiger partial charge in [0.1, 0.15) is 0 Å². The van der Waals surface area contributed by atoms with Gasteiger partial charge in [-0.1, -0.05) is 6.92 Å². The van der Waals surface area contributed by atoms with Crippen molar-refractivity contribution in [1.29, 1.82) is 0 Å². The number of sulfone groups is 1. The fourth-order valence-corrected chi connectivity index (χ4v) is 3.95. The minimum atomic E-state index is -5.75. The van der Waals surface area contributed by atoms with Crippen LogP contribution in [0.2, 0.25) is 0 Å². The van der Waals surface area contributed by atoms with E-state index in [4.69, 9.17) is 0 Å². The summed E-state index contributed by atoms with van der Waals surface area (Å²) < 4.78 is 99.7. The van der Waals surface area contributed by atoms with Crippen molar-refractivity contribution >= 4 is 33.4 Å². The molecule has 9 nitrogen and oxygen atoms in total. The summed E-state index contributed by atoms with van der Waals surface area (Å²) in [4.78, 5) is 44.4. The third-order valence-corrected chi connectivity index (χ3v) is 6.44. The van der Waals surface area contributed by atoms with Gasteiger partial charge in [-0.25, -0.2) is 22.9 Å². The van der Waals surface area contributed by atoms with Crippen molar-refractivity contribution in [3.8, 4) is 0 Å². The van der Waals surface area contributed by atoms with Crippen LogP contribution < -0.4 is 4.90 Å². The summed E-state index contributed by atoms with van der Waals surface area (Å²) in [6.07, 6.45) is -2.91. The number of hydrogen-bond acceptors (Lipinski definition) is 7. The number of alkyl halides is 6. The van der Waals surface area contributed by atoms with Crippen molar-refractivity contribution in [3.63, 3.8) is 0 Å². The molecule has 1 aliphatic heterocycles. The van der Waals surface area contributed by atoms with Gasteiger partial charge in [-0.15, -0.1) is 5.06 Å². The monoisotopic (exact) mass is 525 g/mol. The largest absolute Gasteiger partial charge is 0.501 e. The van der Waals surface area contributed by atoms with Crippen LogP contribution in [0.1, 0.15) is 18.4 Å². The van der Waals surface area contributed by atoms with Gasteiger partial charge in [-0.05, 0) is 42.0 Å². The van der Waals surface area contributed by atoms with E-state index in [1.807, 2.05) is 0 Å². The van der Waals surface area contributed by atoms with Crippen LogP contribution in [0.5, 0.6) is 0 Å². The zero-order chi connectivity index (χ0) is 26.3. The Morgan fingerprint density at radius 3 is 2.03 bits per heavy atom. The van der Waals surface area contributed by atoms with Crippen LogP contribution >= 0.6 is 0 Å². The van der Waals surface area contributed by atoms with Crippen molar-refractivity contribution in [2.75, 3.05) is 4.90 Å². The van der Waals surface area contributed by atoms with Crippen molar-refractivity contribution in [2.24, 2.45) is 0 Å². The zero-order valence-corrected chi connectivity index (χ0v) is 18.1. The lowest BCUT2D eigenvalue weighted by Gasteiger charge is -2.25. The van der Waals surface area contributed by atoms with E-state index >= 15 is 0 Å². The Kier molecular flexibility index (Phi) is 6.54. The van der Waals surface area contributed by atoms with Crippen LogP contribution in [-0.2, 0) is 24.3 Å². The van der Waals surface area contributed by atoms with Crippen LogP contribution in [0, 0.1) is 0 Å². The first-order valence-corrected chi connectivity index (χ1v) is 10.8. The maximum absolute atomic E-state index is 13.1. The highest BCUT2D eigenvalue weighted by Crippen LogP contribution is 2.36. The molecule has 1 fully saturated rings. The fourth-order valence-electron chi connectivity index (χ4n) is 3.19. The molecule has 1 aromatic heterocycles. The van der Waals surface area contributed by atoms with Gasteiger partial charge in [0.05, 0.1) is 10.6 Å². The molecule has 0 bridgehead atoms. The van der Waals surface area contributed by atoms with Crippen molar-refractivity contribution in [2.45, 2.75) is 35.5 Å². The summed E-state index contributed by atoms with van der Waals surface area (Å²) in [7, 11) is -5.75. The van der Waals surface area contributed by atoms with Crippen LogP contribution in [0.15, 0.2) is 53.7 Å². The second-order valence-electron chi connectivity index (χ2n) is 7.12. The number of aromatic nitrogens is 1. The molecule has 3 amide bonds. The Labute approximate surface area is 192 Å². The predicted octanol–water partition coefficient (Wildman–Crippen LogP) is 3.34. The number of rotatable bonds is 5. The number of pyridine rings is 1. The summed E-state index contributed by atoms with van der Waals surface area (Å²) in [5, 5.41) is -0.0797. The van der Waals surface area contributed by atoms with E-state index in [0.717, 1.165) is 0 Å². The summed E-state index contributed by atoms with van der Waals surface area (Å²) in [5.41, 5.74) is -5.77. The molecule has 16 heteroatoms. The maximum Gasteiger partial charge on any atom is 0.501 e. The van der Waals surface area contributed by atoms with E-state index < -0.39 is 62.0 Å². The molecule has 2 atom stereocenters. The van der Waals surface area contributed by atoms with Crippen LogP contribution in [0.3, 0.4) is 0 Å². The average molecular weight is 525 g/mol. The number of hydrogen-bond donors (Lipinski definition) is 0. The number of halogens is 6. The van der Waals surface area contributed by atoms with Gasteiger partial charge in [-0.2, -0.15) is 26.3 Å². The van der Waals surface area contributed by atoms with Gasteiger partial charge < -0.3 is 4.84 Å². The second kappa shape index (κ2) is 8.83. The van der Waals surface area contributed by atoms with Crippen molar-refractivity contribution in [3.05, 3.63) is 54.4 Å². The van der Waals surface area contributed by atoms with E-state index in [-0.39, 0.29) is 9.96 Å². The highest BCUT2D eigenvalue weighted by Gasteiger charge is 2.54. The highest BCUT2D eigenvalue weighted by atomic mass is 32.2. The topological polar surface area (TPSA) is 114 Å². The highest BCUT2D eigenvalue weighted by molar-refractivity contribution is 7.92. The zero-order valence-electron chi connectivity index (χ0n) is 17.2. The third kappa shape index (κ3) is 4.78. The van der Waals surface area contributed by atoms with E-state index in [0.29, 0.717) is 29.8 Å².